The van der Waals surface area contributed by atoms with Crippen molar-refractivity contribution >= 4 is 32.8 Å². The third kappa shape index (κ3) is 4.01. The minimum atomic E-state index is -3.69. The summed E-state index contributed by atoms with van der Waals surface area (Å²) >= 11 is 5.75. The second-order valence-corrected chi connectivity index (χ2v) is 7.64. The maximum atomic E-state index is 13.2. The molecule has 0 aliphatic carbocycles. The lowest BCUT2D eigenvalue weighted by Gasteiger charge is -2.18. The number of benzene rings is 2. The zero-order valence-electron chi connectivity index (χ0n) is 12.8. The van der Waals surface area contributed by atoms with Crippen LogP contribution in [0.5, 0.6) is 0 Å². The number of hydrogen-bond donors (Lipinski definition) is 1. The number of nitrogens with one attached hydrogen (secondary N) is 1. The number of halogens is 2. The Balaban J connectivity index is 2.41. The third-order valence-corrected chi connectivity index (χ3v) is 4.82. The first-order valence-electron chi connectivity index (χ1n) is 6.79. The molecule has 0 saturated heterocycles. The fourth-order valence-electron chi connectivity index (χ4n) is 2.15. The predicted octanol–water partition coefficient (Wildman–Crippen LogP) is 3.96. The predicted molar refractivity (Wildman–Crippen MR) is 89.7 cm³/mol. The largest absolute Gasteiger partial charge is 0.377 e. The summed E-state index contributed by atoms with van der Waals surface area (Å²) < 4.78 is 37.1. The number of rotatable bonds is 5. The van der Waals surface area contributed by atoms with Crippen LogP contribution in [-0.2, 0) is 9.84 Å². The van der Waals surface area contributed by atoms with Crippen molar-refractivity contribution < 1.29 is 17.7 Å². The molecule has 0 bridgehead atoms. The van der Waals surface area contributed by atoms with Gasteiger partial charge in [0.15, 0.2) is 9.84 Å². The Morgan fingerprint density at radius 3 is 2.46 bits per heavy atom. The molecule has 0 aliphatic heterocycles. The highest BCUT2D eigenvalue weighted by molar-refractivity contribution is 7.90. The Bertz CT molecular complexity index is 902. The van der Waals surface area contributed by atoms with Crippen LogP contribution in [-0.4, -0.2) is 19.6 Å². The van der Waals surface area contributed by atoms with E-state index in [2.05, 4.69) is 5.32 Å². The van der Waals surface area contributed by atoms with E-state index in [1.165, 1.54) is 30.3 Å². The Hall–Kier alpha value is -2.19. The van der Waals surface area contributed by atoms with Crippen molar-refractivity contribution in [2.45, 2.75) is 17.9 Å². The van der Waals surface area contributed by atoms with Crippen LogP contribution >= 0.6 is 11.6 Å². The van der Waals surface area contributed by atoms with Gasteiger partial charge in [-0.15, -0.1) is 0 Å². The van der Waals surface area contributed by atoms with Gasteiger partial charge in [-0.2, -0.15) is 0 Å². The zero-order valence-corrected chi connectivity index (χ0v) is 14.4. The highest BCUT2D eigenvalue weighted by atomic mass is 35.5. The maximum Gasteiger partial charge on any atom is 0.270 e. The second kappa shape index (κ2) is 6.74. The van der Waals surface area contributed by atoms with E-state index in [9.17, 15) is 22.9 Å². The fraction of sp³-hybridized carbons (Fsp3) is 0.200. The van der Waals surface area contributed by atoms with E-state index in [4.69, 9.17) is 11.6 Å². The van der Waals surface area contributed by atoms with E-state index >= 15 is 0 Å². The molecule has 128 valence electrons. The first-order chi connectivity index (χ1) is 11.1. The van der Waals surface area contributed by atoms with Crippen molar-refractivity contribution in [1.82, 2.24) is 0 Å². The summed E-state index contributed by atoms with van der Waals surface area (Å²) in [7, 11) is -3.69. The molecule has 1 N–H and O–H groups in total. The Labute approximate surface area is 143 Å². The van der Waals surface area contributed by atoms with Crippen molar-refractivity contribution in [3.05, 3.63) is 62.9 Å². The van der Waals surface area contributed by atoms with Crippen molar-refractivity contribution in [3.8, 4) is 0 Å². The van der Waals surface area contributed by atoms with Gasteiger partial charge in [0, 0.05) is 24.4 Å². The van der Waals surface area contributed by atoms with Gasteiger partial charge >= 0.3 is 0 Å². The van der Waals surface area contributed by atoms with Gasteiger partial charge in [-0.05, 0) is 30.7 Å². The first-order valence-corrected chi connectivity index (χ1v) is 9.06. The van der Waals surface area contributed by atoms with Crippen LogP contribution < -0.4 is 5.32 Å². The summed E-state index contributed by atoms with van der Waals surface area (Å²) in [5.41, 5.74) is 0.536. The summed E-state index contributed by atoms with van der Waals surface area (Å²) in [6.07, 6.45) is 0.969. The number of nitro benzene ring substituents is 1. The average Bonchev–Trinajstić information content (AvgIpc) is 2.49. The molecule has 0 aliphatic rings. The molecule has 9 heteroatoms. The molecule has 0 saturated carbocycles. The smallest absolute Gasteiger partial charge is 0.270 e. The Morgan fingerprint density at radius 2 is 1.92 bits per heavy atom. The Morgan fingerprint density at radius 1 is 1.25 bits per heavy atom. The number of sulfone groups is 1. The lowest BCUT2D eigenvalue weighted by molar-refractivity contribution is -0.385. The molecule has 2 aromatic rings. The van der Waals surface area contributed by atoms with Crippen LogP contribution in [0.1, 0.15) is 18.5 Å². The van der Waals surface area contributed by atoms with Gasteiger partial charge in [0.1, 0.15) is 5.82 Å². The molecule has 1 atom stereocenters. The molecule has 0 amide bonds. The van der Waals surface area contributed by atoms with Crippen molar-refractivity contribution in [2.75, 3.05) is 11.6 Å². The summed E-state index contributed by atoms with van der Waals surface area (Å²) in [6, 6.07) is 7.30. The van der Waals surface area contributed by atoms with Gasteiger partial charge in [-0.1, -0.05) is 17.7 Å². The Kier molecular flexibility index (Phi) is 5.10. The van der Waals surface area contributed by atoms with Crippen LogP contribution in [0.2, 0.25) is 5.02 Å². The molecule has 1 unspecified atom stereocenters. The minimum absolute atomic E-state index is 0.0480. The molecule has 0 radical (unpaired) electrons. The normalized spacial score (nSPS) is 12.7. The molecular weight excluding hydrogens is 359 g/mol. The van der Waals surface area contributed by atoms with Gasteiger partial charge in [0.25, 0.3) is 5.69 Å². The molecular formula is C15H14ClFN2O4S. The summed E-state index contributed by atoms with van der Waals surface area (Å²) in [5.74, 6) is -0.556. The van der Waals surface area contributed by atoms with Crippen molar-refractivity contribution in [1.29, 1.82) is 0 Å². The summed E-state index contributed by atoms with van der Waals surface area (Å²) in [6.45, 7) is 1.73. The van der Waals surface area contributed by atoms with E-state index in [1.54, 1.807) is 6.92 Å². The molecule has 2 rings (SSSR count). The summed E-state index contributed by atoms with van der Waals surface area (Å²) in [5, 5.41) is 13.8. The minimum Gasteiger partial charge on any atom is -0.377 e. The topological polar surface area (TPSA) is 89.3 Å². The lowest BCUT2D eigenvalue weighted by Crippen LogP contribution is -2.11. The molecule has 0 fully saturated rings. The second-order valence-electron chi connectivity index (χ2n) is 5.25. The molecule has 0 aromatic heterocycles. The highest BCUT2D eigenvalue weighted by Crippen LogP contribution is 2.30. The SMILES string of the molecule is CC(Nc1ccc([N+](=O)[O-])cc1S(C)(=O)=O)c1ccc(F)c(Cl)c1. The van der Waals surface area contributed by atoms with Crippen molar-refractivity contribution in [3.63, 3.8) is 0 Å². The van der Waals surface area contributed by atoms with E-state index in [0.717, 1.165) is 12.3 Å². The molecule has 24 heavy (non-hydrogen) atoms. The first kappa shape index (κ1) is 18.2. The van der Waals surface area contributed by atoms with Crippen molar-refractivity contribution in [2.24, 2.45) is 0 Å². The number of nitrogens with zero attached hydrogens (tertiary/aromatic N) is 1. The van der Waals surface area contributed by atoms with E-state index in [0.29, 0.717) is 5.56 Å². The molecule has 6 nitrogen and oxygen atoms in total. The number of anilines is 1. The van der Waals surface area contributed by atoms with E-state index < -0.39 is 26.6 Å². The van der Waals surface area contributed by atoms with Crippen LogP contribution in [0.3, 0.4) is 0 Å². The van der Waals surface area contributed by atoms with Gasteiger partial charge in [-0.3, -0.25) is 10.1 Å². The average molecular weight is 373 g/mol. The zero-order chi connectivity index (χ0) is 18.1. The van der Waals surface area contributed by atoms with E-state index in [-0.39, 0.29) is 21.3 Å². The van der Waals surface area contributed by atoms with Gasteiger partial charge in [-0.25, -0.2) is 12.8 Å². The highest BCUT2D eigenvalue weighted by Gasteiger charge is 2.20. The molecule has 0 heterocycles. The number of nitro groups is 1. The van der Waals surface area contributed by atoms with Crippen LogP contribution in [0.15, 0.2) is 41.3 Å². The fourth-order valence-corrected chi connectivity index (χ4v) is 3.20. The third-order valence-electron chi connectivity index (χ3n) is 3.39. The van der Waals surface area contributed by atoms with Gasteiger partial charge < -0.3 is 5.32 Å². The maximum absolute atomic E-state index is 13.2. The van der Waals surface area contributed by atoms with Crippen LogP contribution in [0.4, 0.5) is 15.8 Å². The van der Waals surface area contributed by atoms with Crippen LogP contribution in [0.25, 0.3) is 0 Å². The van der Waals surface area contributed by atoms with Gasteiger partial charge in [0.2, 0.25) is 0 Å². The van der Waals surface area contributed by atoms with E-state index in [1.807, 2.05) is 0 Å². The quantitative estimate of drug-likeness (QED) is 0.633. The van der Waals surface area contributed by atoms with Crippen LogP contribution in [0, 0.1) is 15.9 Å². The molecule has 0 spiro atoms. The monoisotopic (exact) mass is 372 g/mol. The molecule has 2 aromatic carbocycles. The number of hydrogen-bond acceptors (Lipinski definition) is 5. The summed E-state index contributed by atoms with van der Waals surface area (Å²) in [4.78, 5) is 10.00. The standard InChI is InChI=1S/C15H14ClFN2O4S/c1-9(10-3-5-13(17)12(16)7-10)18-14-6-4-11(19(20)21)8-15(14)24(2,22)23/h3-9,18H,1-2H3. The lowest BCUT2D eigenvalue weighted by atomic mass is 10.1. The van der Waals surface area contributed by atoms with Gasteiger partial charge in [0.05, 0.1) is 20.5 Å². The number of non-ortho nitro benzene ring substituents is 1.